The van der Waals surface area contributed by atoms with Crippen molar-refractivity contribution in [3.63, 3.8) is 0 Å². The minimum atomic E-state index is 0.795. The molecular weight excluding hydrogens is 204 g/mol. The van der Waals surface area contributed by atoms with Crippen molar-refractivity contribution in [2.75, 3.05) is 46.9 Å². The summed E-state index contributed by atoms with van der Waals surface area (Å²) >= 11 is 0. The van der Waals surface area contributed by atoms with Crippen LogP contribution in [0.2, 0.25) is 0 Å². The molecule has 0 aliphatic rings. The molecule has 0 amide bonds. The minimum Gasteiger partial charge on any atom is -0.383 e. The number of hydrogen-bond acceptors (Lipinski definition) is 4. The Morgan fingerprint density at radius 2 is 2.25 bits per heavy atom. The monoisotopic (exact) mass is 226 g/mol. The van der Waals surface area contributed by atoms with Crippen LogP contribution in [0.15, 0.2) is 18.5 Å². The van der Waals surface area contributed by atoms with Crippen LogP contribution in [0.25, 0.3) is 0 Å². The Labute approximate surface area is 97.4 Å². The third kappa shape index (κ3) is 5.85. The summed E-state index contributed by atoms with van der Waals surface area (Å²) in [6.07, 6.45) is 3.78. The summed E-state index contributed by atoms with van der Waals surface area (Å²) in [7, 11) is 3.84. The molecule has 0 fully saturated rings. The number of aromatic nitrogens is 2. The van der Waals surface area contributed by atoms with Crippen LogP contribution in [0.5, 0.6) is 0 Å². The van der Waals surface area contributed by atoms with E-state index in [1.165, 1.54) is 0 Å². The van der Waals surface area contributed by atoms with Gasteiger partial charge in [0.15, 0.2) is 0 Å². The second-order valence-electron chi connectivity index (χ2n) is 3.82. The van der Waals surface area contributed by atoms with Gasteiger partial charge in [0.1, 0.15) is 0 Å². The third-order valence-electron chi connectivity index (χ3n) is 2.42. The number of nitrogens with one attached hydrogen (secondary N) is 1. The lowest BCUT2D eigenvalue weighted by Gasteiger charge is -2.16. The van der Waals surface area contributed by atoms with Crippen molar-refractivity contribution < 1.29 is 4.74 Å². The predicted molar refractivity (Wildman–Crippen MR) is 64.5 cm³/mol. The molecule has 0 bridgehead atoms. The second kappa shape index (κ2) is 8.27. The number of likely N-dealkylation sites (N-methyl/N-ethyl adjacent to an activating group) is 1. The van der Waals surface area contributed by atoms with Crippen LogP contribution >= 0.6 is 0 Å². The maximum atomic E-state index is 5.02. The maximum absolute atomic E-state index is 5.02. The van der Waals surface area contributed by atoms with E-state index in [-0.39, 0.29) is 0 Å². The first kappa shape index (κ1) is 13.2. The van der Waals surface area contributed by atoms with Crippen molar-refractivity contribution in [2.24, 2.45) is 0 Å². The number of nitrogens with zero attached hydrogens (tertiary/aromatic N) is 3. The maximum Gasteiger partial charge on any atom is 0.0589 e. The zero-order valence-electron chi connectivity index (χ0n) is 10.2. The Balaban J connectivity index is 1.91. The Hall–Kier alpha value is -0.910. The van der Waals surface area contributed by atoms with Gasteiger partial charge >= 0.3 is 0 Å². The van der Waals surface area contributed by atoms with Gasteiger partial charge in [-0.15, -0.1) is 0 Å². The standard InChI is InChI=1S/C11H22N4O/c1-14(10-11-16-2)8-5-12-6-9-15-7-3-4-13-15/h3-4,7,12H,5-6,8-11H2,1-2H3. The summed E-state index contributed by atoms with van der Waals surface area (Å²) in [6.45, 7) is 5.71. The molecule has 1 rings (SSSR count). The van der Waals surface area contributed by atoms with Crippen LogP contribution < -0.4 is 5.32 Å². The zero-order chi connectivity index (χ0) is 11.6. The molecule has 1 aromatic rings. The van der Waals surface area contributed by atoms with Crippen molar-refractivity contribution >= 4 is 0 Å². The highest BCUT2D eigenvalue weighted by atomic mass is 16.5. The van der Waals surface area contributed by atoms with Gasteiger partial charge in [0, 0.05) is 45.7 Å². The molecule has 1 aromatic heterocycles. The van der Waals surface area contributed by atoms with Crippen molar-refractivity contribution in [2.45, 2.75) is 6.54 Å². The van der Waals surface area contributed by atoms with Crippen molar-refractivity contribution in [3.8, 4) is 0 Å². The average Bonchev–Trinajstić information content (AvgIpc) is 2.79. The average molecular weight is 226 g/mol. The van der Waals surface area contributed by atoms with E-state index >= 15 is 0 Å². The molecule has 0 atom stereocenters. The Morgan fingerprint density at radius 1 is 1.38 bits per heavy atom. The van der Waals surface area contributed by atoms with E-state index in [0.717, 1.165) is 39.3 Å². The number of ether oxygens (including phenoxy) is 1. The SMILES string of the molecule is COCCN(C)CCNCCn1cccn1. The first-order valence-electron chi connectivity index (χ1n) is 5.68. The normalized spacial score (nSPS) is 11.2. The Bertz CT molecular complexity index is 250. The summed E-state index contributed by atoms with van der Waals surface area (Å²) in [5, 5.41) is 7.53. The highest BCUT2D eigenvalue weighted by molar-refractivity contribution is 4.77. The summed E-state index contributed by atoms with van der Waals surface area (Å²) in [4.78, 5) is 2.25. The fourth-order valence-electron chi connectivity index (χ4n) is 1.38. The van der Waals surface area contributed by atoms with Gasteiger partial charge in [-0.25, -0.2) is 0 Å². The molecule has 92 valence electrons. The van der Waals surface area contributed by atoms with Gasteiger partial charge in [0.25, 0.3) is 0 Å². The Kier molecular flexibility index (Phi) is 6.80. The topological polar surface area (TPSA) is 42.3 Å². The fourth-order valence-corrected chi connectivity index (χ4v) is 1.38. The van der Waals surface area contributed by atoms with Crippen LogP contribution in [-0.4, -0.2) is 61.6 Å². The highest BCUT2D eigenvalue weighted by Gasteiger charge is 1.96. The third-order valence-corrected chi connectivity index (χ3v) is 2.42. The van der Waals surface area contributed by atoms with E-state index in [0.29, 0.717) is 0 Å². The molecule has 5 nitrogen and oxygen atoms in total. The lowest BCUT2D eigenvalue weighted by molar-refractivity contribution is 0.161. The molecule has 0 unspecified atom stereocenters. The molecule has 0 radical (unpaired) electrons. The van der Waals surface area contributed by atoms with Gasteiger partial charge in [0.05, 0.1) is 13.2 Å². The van der Waals surface area contributed by atoms with E-state index in [9.17, 15) is 0 Å². The highest BCUT2D eigenvalue weighted by Crippen LogP contribution is 1.83. The quantitative estimate of drug-likeness (QED) is 0.604. The summed E-state index contributed by atoms with van der Waals surface area (Å²) in [5.41, 5.74) is 0. The summed E-state index contributed by atoms with van der Waals surface area (Å²) in [6, 6.07) is 1.94. The van der Waals surface area contributed by atoms with Crippen molar-refractivity contribution in [3.05, 3.63) is 18.5 Å². The molecule has 0 aliphatic carbocycles. The van der Waals surface area contributed by atoms with E-state index in [4.69, 9.17) is 4.74 Å². The van der Waals surface area contributed by atoms with Gasteiger partial charge in [-0.1, -0.05) is 0 Å². The van der Waals surface area contributed by atoms with Crippen molar-refractivity contribution in [1.29, 1.82) is 0 Å². The molecule has 1 heterocycles. The molecule has 0 aliphatic heterocycles. The van der Waals surface area contributed by atoms with Crippen LogP contribution in [-0.2, 0) is 11.3 Å². The van der Waals surface area contributed by atoms with Crippen LogP contribution in [0.3, 0.4) is 0 Å². The molecular formula is C11H22N4O. The first-order valence-corrected chi connectivity index (χ1v) is 5.68. The fraction of sp³-hybridized carbons (Fsp3) is 0.727. The van der Waals surface area contributed by atoms with Crippen molar-refractivity contribution in [1.82, 2.24) is 20.0 Å². The summed E-state index contributed by atoms with van der Waals surface area (Å²) in [5.74, 6) is 0. The lowest BCUT2D eigenvalue weighted by Crippen LogP contribution is -2.32. The van der Waals surface area contributed by atoms with Gasteiger partial charge < -0.3 is 15.0 Å². The number of methoxy groups -OCH3 is 1. The van der Waals surface area contributed by atoms with Gasteiger partial charge in [-0.3, -0.25) is 4.68 Å². The lowest BCUT2D eigenvalue weighted by atomic mass is 10.5. The van der Waals surface area contributed by atoms with Crippen LogP contribution in [0, 0.1) is 0 Å². The van der Waals surface area contributed by atoms with Crippen LogP contribution in [0.4, 0.5) is 0 Å². The molecule has 0 saturated carbocycles. The van der Waals surface area contributed by atoms with Gasteiger partial charge in [0.2, 0.25) is 0 Å². The van der Waals surface area contributed by atoms with Gasteiger partial charge in [-0.2, -0.15) is 5.10 Å². The van der Waals surface area contributed by atoms with Crippen LogP contribution in [0.1, 0.15) is 0 Å². The zero-order valence-corrected chi connectivity index (χ0v) is 10.2. The molecule has 16 heavy (non-hydrogen) atoms. The van der Waals surface area contributed by atoms with E-state index < -0.39 is 0 Å². The smallest absolute Gasteiger partial charge is 0.0589 e. The Morgan fingerprint density at radius 3 is 2.94 bits per heavy atom. The first-order chi connectivity index (χ1) is 7.83. The van der Waals surface area contributed by atoms with E-state index in [1.807, 2.05) is 16.9 Å². The number of hydrogen-bond donors (Lipinski definition) is 1. The van der Waals surface area contributed by atoms with E-state index in [2.05, 4.69) is 22.4 Å². The largest absolute Gasteiger partial charge is 0.383 e. The van der Waals surface area contributed by atoms with Gasteiger partial charge in [-0.05, 0) is 13.1 Å². The molecule has 1 N–H and O–H groups in total. The second-order valence-corrected chi connectivity index (χ2v) is 3.82. The number of rotatable bonds is 9. The molecule has 0 saturated heterocycles. The van der Waals surface area contributed by atoms with E-state index in [1.54, 1.807) is 13.3 Å². The molecule has 0 aromatic carbocycles. The molecule has 0 spiro atoms. The predicted octanol–water partition coefficient (Wildman–Crippen LogP) is 0.0509. The minimum absolute atomic E-state index is 0.795. The molecule has 5 heteroatoms. The summed E-state index contributed by atoms with van der Waals surface area (Å²) < 4.78 is 6.95.